The Bertz CT molecular complexity index is 1170. The van der Waals surface area contributed by atoms with Gasteiger partial charge in [-0.3, -0.25) is 9.78 Å². The number of hydrogen-bond acceptors (Lipinski definition) is 3. The molecule has 156 valence electrons. The second-order valence-corrected chi connectivity index (χ2v) is 8.32. The summed E-state index contributed by atoms with van der Waals surface area (Å²) >= 11 is 1.70. The third kappa shape index (κ3) is 4.78. The highest BCUT2D eigenvalue weighted by Gasteiger charge is 2.25. The van der Waals surface area contributed by atoms with Crippen LogP contribution >= 0.6 is 11.8 Å². The van der Waals surface area contributed by atoms with Crippen LogP contribution in [-0.4, -0.2) is 17.1 Å². The number of rotatable bonds is 6. The second kappa shape index (κ2) is 9.31. The van der Waals surface area contributed by atoms with E-state index in [2.05, 4.69) is 40.6 Å². The normalized spacial score (nSPS) is 14.1. The SMILES string of the molecule is CSc1ccc(/C=C2/C(C)=C(CC(=O)NCc3cccnc3)c3cc(F)ccc32)cc1. The van der Waals surface area contributed by atoms with Crippen LogP contribution in [0.4, 0.5) is 4.39 Å². The molecule has 0 unspecified atom stereocenters. The zero-order chi connectivity index (χ0) is 21.8. The van der Waals surface area contributed by atoms with Gasteiger partial charge in [-0.1, -0.05) is 24.3 Å². The molecule has 5 heteroatoms. The molecule has 3 nitrogen and oxygen atoms in total. The summed E-state index contributed by atoms with van der Waals surface area (Å²) in [4.78, 5) is 17.9. The van der Waals surface area contributed by atoms with E-state index < -0.39 is 0 Å². The third-order valence-corrected chi connectivity index (χ3v) is 6.17. The molecule has 0 saturated carbocycles. The maximum atomic E-state index is 14.1. The van der Waals surface area contributed by atoms with E-state index in [9.17, 15) is 9.18 Å². The number of benzene rings is 2. The molecule has 3 aromatic rings. The van der Waals surface area contributed by atoms with E-state index in [0.717, 1.165) is 39.0 Å². The summed E-state index contributed by atoms with van der Waals surface area (Å²) in [6, 6.07) is 16.9. The number of allylic oxidation sites excluding steroid dienone is 2. The minimum atomic E-state index is -0.301. The molecule has 0 atom stereocenters. The summed E-state index contributed by atoms with van der Waals surface area (Å²) in [7, 11) is 0. The zero-order valence-electron chi connectivity index (χ0n) is 17.5. The largest absolute Gasteiger partial charge is 0.352 e. The summed E-state index contributed by atoms with van der Waals surface area (Å²) in [5.41, 5.74) is 6.67. The van der Waals surface area contributed by atoms with Crippen molar-refractivity contribution in [3.63, 3.8) is 0 Å². The van der Waals surface area contributed by atoms with Gasteiger partial charge in [0.1, 0.15) is 5.82 Å². The van der Waals surface area contributed by atoms with Gasteiger partial charge in [0.2, 0.25) is 5.91 Å². The van der Waals surface area contributed by atoms with Gasteiger partial charge in [-0.2, -0.15) is 0 Å². The number of amides is 1. The molecule has 31 heavy (non-hydrogen) atoms. The van der Waals surface area contributed by atoms with Crippen LogP contribution in [-0.2, 0) is 11.3 Å². The quantitative estimate of drug-likeness (QED) is 0.490. The molecule has 0 bridgehead atoms. The molecule has 1 aromatic heterocycles. The Balaban J connectivity index is 1.61. The highest BCUT2D eigenvalue weighted by atomic mass is 32.2. The van der Waals surface area contributed by atoms with Crippen molar-refractivity contribution in [1.82, 2.24) is 10.3 Å². The number of nitrogens with zero attached hydrogens (tertiary/aromatic N) is 1. The smallest absolute Gasteiger partial charge is 0.224 e. The van der Waals surface area contributed by atoms with Crippen LogP contribution in [0.2, 0.25) is 0 Å². The number of fused-ring (bicyclic) bond motifs is 1. The monoisotopic (exact) mass is 430 g/mol. The van der Waals surface area contributed by atoms with Gasteiger partial charge in [0, 0.05) is 23.8 Å². The highest BCUT2D eigenvalue weighted by Crippen LogP contribution is 2.43. The third-order valence-electron chi connectivity index (χ3n) is 5.43. The number of aromatic nitrogens is 1. The molecule has 4 rings (SSSR count). The summed E-state index contributed by atoms with van der Waals surface area (Å²) < 4.78 is 14.1. The van der Waals surface area contributed by atoms with E-state index in [1.54, 1.807) is 30.2 Å². The van der Waals surface area contributed by atoms with Gasteiger partial charge in [-0.15, -0.1) is 11.8 Å². The first-order valence-corrected chi connectivity index (χ1v) is 11.3. The fraction of sp³-hybridized carbons (Fsp3) is 0.154. The van der Waals surface area contributed by atoms with Crippen molar-refractivity contribution in [3.8, 4) is 0 Å². The first-order chi connectivity index (χ1) is 15.0. The molecule has 0 aliphatic heterocycles. The van der Waals surface area contributed by atoms with Crippen molar-refractivity contribution >= 4 is 34.9 Å². The lowest BCUT2D eigenvalue weighted by Crippen LogP contribution is -2.22. The molecule has 1 aliphatic carbocycles. The molecule has 2 aromatic carbocycles. The Morgan fingerprint density at radius 1 is 1.13 bits per heavy atom. The van der Waals surface area contributed by atoms with Crippen LogP contribution in [0.1, 0.15) is 35.6 Å². The summed E-state index contributed by atoms with van der Waals surface area (Å²) in [5.74, 6) is -0.399. The van der Waals surface area contributed by atoms with Crippen molar-refractivity contribution in [2.45, 2.75) is 24.8 Å². The minimum Gasteiger partial charge on any atom is -0.352 e. The lowest BCUT2D eigenvalue weighted by atomic mass is 10.0. The van der Waals surface area contributed by atoms with Crippen LogP contribution in [0, 0.1) is 5.82 Å². The van der Waals surface area contributed by atoms with Crippen molar-refractivity contribution in [3.05, 3.63) is 101 Å². The average Bonchev–Trinajstić information content (AvgIpc) is 3.04. The molecule has 1 N–H and O–H groups in total. The molecule has 0 spiro atoms. The molecule has 0 radical (unpaired) electrons. The second-order valence-electron chi connectivity index (χ2n) is 7.44. The van der Waals surface area contributed by atoms with Crippen molar-refractivity contribution in [2.24, 2.45) is 0 Å². The Morgan fingerprint density at radius 2 is 1.94 bits per heavy atom. The Kier molecular flexibility index (Phi) is 6.33. The molecule has 0 saturated heterocycles. The van der Waals surface area contributed by atoms with E-state index in [1.165, 1.54) is 17.0 Å². The molecule has 1 heterocycles. The first-order valence-electron chi connectivity index (χ1n) is 10.1. The Hall–Kier alpha value is -3.18. The number of carbonyl (C=O) groups excluding carboxylic acids is 1. The lowest BCUT2D eigenvalue weighted by molar-refractivity contribution is -0.120. The van der Waals surface area contributed by atoms with Crippen LogP contribution in [0.15, 0.2) is 77.5 Å². The number of hydrogen-bond donors (Lipinski definition) is 1. The number of nitrogens with one attached hydrogen (secondary N) is 1. The van der Waals surface area contributed by atoms with E-state index in [-0.39, 0.29) is 18.1 Å². The number of halogens is 1. The number of carbonyl (C=O) groups is 1. The summed E-state index contributed by atoms with van der Waals surface area (Å²) in [5, 5.41) is 2.94. The van der Waals surface area contributed by atoms with Crippen LogP contribution < -0.4 is 5.32 Å². The highest BCUT2D eigenvalue weighted by molar-refractivity contribution is 7.98. The molecule has 1 aliphatic rings. The van der Waals surface area contributed by atoms with Crippen molar-refractivity contribution < 1.29 is 9.18 Å². The fourth-order valence-corrected chi connectivity index (χ4v) is 4.18. The summed E-state index contributed by atoms with van der Waals surface area (Å²) in [6.45, 7) is 2.42. The first kappa shape index (κ1) is 21.1. The van der Waals surface area contributed by atoms with Crippen LogP contribution in [0.3, 0.4) is 0 Å². The van der Waals surface area contributed by atoms with Gasteiger partial charge >= 0.3 is 0 Å². The van der Waals surface area contributed by atoms with Gasteiger partial charge in [0.25, 0.3) is 0 Å². The maximum absolute atomic E-state index is 14.1. The Labute approximate surface area is 186 Å². The van der Waals surface area contributed by atoms with Crippen LogP contribution in [0.5, 0.6) is 0 Å². The van der Waals surface area contributed by atoms with Gasteiger partial charge in [-0.25, -0.2) is 4.39 Å². The zero-order valence-corrected chi connectivity index (χ0v) is 18.3. The van der Waals surface area contributed by atoms with Gasteiger partial charge in [-0.05, 0) is 88.6 Å². The molecular formula is C26H23FN2OS. The topological polar surface area (TPSA) is 42.0 Å². The van der Waals surface area contributed by atoms with Gasteiger partial charge in [0.05, 0.1) is 6.42 Å². The number of thioether (sulfide) groups is 1. The molecular weight excluding hydrogens is 407 g/mol. The van der Waals surface area contributed by atoms with Gasteiger partial charge < -0.3 is 5.32 Å². The van der Waals surface area contributed by atoms with E-state index in [1.807, 2.05) is 25.3 Å². The lowest BCUT2D eigenvalue weighted by Gasteiger charge is -2.08. The summed E-state index contributed by atoms with van der Waals surface area (Å²) in [6.07, 6.45) is 7.79. The molecule has 0 fully saturated rings. The van der Waals surface area contributed by atoms with Crippen LogP contribution in [0.25, 0.3) is 17.2 Å². The van der Waals surface area contributed by atoms with Gasteiger partial charge in [0.15, 0.2) is 0 Å². The van der Waals surface area contributed by atoms with Crippen molar-refractivity contribution in [1.29, 1.82) is 0 Å². The maximum Gasteiger partial charge on any atom is 0.224 e. The van der Waals surface area contributed by atoms with Crippen molar-refractivity contribution in [2.75, 3.05) is 6.26 Å². The number of pyridine rings is 1. The van der Waals surface area contributed by atoms with E-state index >= 15 is 0 Å². The van der Waals surface area contributed by atoms with E-state index in [0.29, 0.717) is 6.54 Å². The van der Waals surface area contributed by atoms with E-state index in [4.69, 9.17) is 0 Å². The Morgan fingerprint density at radius 3 is 2.65 bits per heavy atom. The molecule has 1 amide bonds. The standard InChI is InChI=1S/C26H23FN2OS/c1-17-23(12-18-5-8-21(31-2)9-6-18)22-10-7-20(27)13-25(22)24(17)14-26(30)29-16-19-4-3-11-28-15-19/h3-13,15H,14,16H2,1-2H3,(H,29,30)/b23-12-. The average molecular weight is 431 g/mol. The minimum absolute atomic E-state index is 0.0982. The fourth-order valence-electron chi connectivity index (χ4n) is 3.77. The predicted octanol–water partition coefficient (Wildman–Crippen LogP) is 5.98. The predicted molar refractivity (Wildman–Crippen MR) is 126 cm³/mol.